The van der Waals surface area contributed by atoms with E-state index >= 15 is 0 Å². The Morgan fingerprint density at radius 2 is 0.583 bits per heavy atom. The van der Waals surface area contributed by atoms with E-state index in [1.54, 1.807) is 0 Å². The zero-order valence-corrected chi connectivity index (χ0v) is 16.3. The molecule has 0 radical (unpaired) electrons. The molecule has 3 fully saturated rings. The molecule has 0 aliphatic heterocycles. The molecule has 24 heavy (non-hydrogen) atoms. The summed E-state index contributed by atoms with van der Waals surface area (Å²) in [6, 6.07) is 0. The third kappa shape index (κ3) is 5.78. The van der Waals surface area contributed by atoms with Gasteiger partial charge in [0.25, 0.3) is 0 Å². The maximum atomic E-state index is 2.60. The van der Waals surface area contributed by atoms with E-state index in [-0.39, 0.29) is 0 Å². The Morgan fingerprint density at radius 1 is 0.375 bits per heavy atom. The quantitative estimate of drug-likeness (QED) is 0.467. The average molecular weight is 329 g/mol. The fourth-order valence-corrected chi connectivity index (χ4v) is 5.12. The lowest BCUT2D eigenvalue weighted by Crippen LogP contribution is -2.14. The molecule has 0 unspecified atom stereocenters. The van der Waals surface area contributed by atoms with Crippen molar-refractivity contribution in [2.45, 2.75) is 90.9 Å². The molecule has 0 spiro atoms. The van der Waals surface area contributed by atoms with Crippen molar-refractivity contribution in [2.24, 2.45) is 35.5 Å². The Balaban J connectivity index is 1.35. The third-order valence-electron chi connectivity index (χ3n) is 7.25. The zero-order valence-electron chi connectivity index (χ0n) is 16.3. The molecule has 0 N–H and O–H groups in total. The van der Waals surface area contributed by atoms with Crippen LogP contribution in [0.15, 0.2) is 24.3 Å². The van der Waals surface area contributed by atoms with Crippen LogP contribution in [0.3, 0.4) is 0 Å². The lowest BCUT2D eigenvalue weighted by molar-refractivity contribution is 0.321. The summed E-state index contributed by atoms with van der Waals surface area (Å²) in [4.78, 5) is 0. The summed E-state index contributed by atoms with van der Waals surface area (Å²) in [6.45, 7) is 4.84. The summed E-state index contributed by atoms with van der Waals surface area (Å²) < 4.78 is 0. The van der Waals surface area contributed by atoms with Crippen LogP contribution in [0.1, 0.15) is 90.9 Å². The first-order valence-corrected chi connectivity index (χ1v) is 11.1. The molecule has 136 valence electrons. The summed E-state index contributed by atoms with van der Waals surface area (Å²) in [6.07, 6.45) is 27.7. The first-order chi connectivity index (χ1) is 11.7. The van der Waals surface area contributed by atoms with Crippen LogP contribution >= 0.6 is 0 Å². The van der Waals surface area contributed by atoms with Crippen LogP contribution in [0.25, 0.3) is 0 Å². The van der Waals surface area contributed by atoms with Gasteiger partial charge in [-0.15, -0.1) is 0 Å². The van der Waals surface area contributed by atoms with E-state index in [0.29, 0.717) is 0 Å². The Morgan fingerprint density at radius 3 is 0.833 bits per heavy atom. The normalized spacial score (nSPS) is 41.9. The lowest BCUT2D eigenvalue weighted by atomic mass is 9.78. The predicted octanol–water partition coefficient (Wildman–Crippen LogP) is 7.56. The summed E-state index contributed by atoms with van der Waals surface area (Å²) in [5.74, 6) is 5.50. The minimum Gasteiger partial charge on any atom is -0.0851 e. The SMILES string of the molecule is CC1CCC(C=CC2CCC(C=CC3CCC(C)CC3)CC2)CC1. The van der Waals surface area contributed by atoms with E-state index in [1.807, 2.05) is 0 Å². The van der Waals surface area contributed by atoms with Gasteiger partial charge in [-0.05, 0) is 86.9 Å². The van der Waals surface area contributed by atoms with Crippen LogP contribution in [-0.2, 0) is 0 Å². The molecule has 3 aliphatic rings. The molecular weight excluding hydrogens is 288 g/mol. The number of rotatable bonds is 4. The second-order valence-electron chi connectivity index (χ2n) is 9.48. The Hall–Kier alpha value is -0.520. The van der Waals surface area contributed by atoms with E-state index < -0.39 is 0 Å². The smallest absolute Gasteiger partial charge is 0.0233 e. The highest BCUT2D eigenvalue weighted by molar-refractivity contribution is 5.00. The molecule has 0 heteroatoms. The van der Waals surface area contributed by atoms with Crippen molar-refractivity contribution in [3.8, 4) is 0 Å². The molecule has 0 atom stereocenters. The van der Waals surface area contributed by atoms with E-state index in [2.05, 4.69) is 38.2 Å². The highest BCUT2D eigenvalue weighted by Gasteiger charge is 2.21. The van der Waals surface area contributed by atoms with Gasteiger partial charge in [-0.2, -0.15) is 0 Å². The summed E-state index contributed by atoms with van der Waals surface area (Å²) in [7, 11) is 0. The highest BCUT2D eigenvalue weighted by Crippen LogP contribution is 2.34. The van der Waals surface area contributed by atoms with Crippen LogP contribution in [0.4, 0.5) is 0 Å². The first kappa shape index (κ1) is 18.3. The fraction of sp³-hybridized carbons (Fsp3) is 0.833. The van der Waals surface area contributed by atoms with E-state index in [9.17, 15) is 0 Å². The third-order valence-corrected chi connectivity index (χ3v) is 7.25. The van der Waals surface area contributed by atoms with Gasteiger partial charge in [-0.1, -0.05) is 63.8 Å². The number of allylic oxidation sites excluding steroid dienone is 4. The topological polar surface area (TPSA) is 0 Å². The lowest BCUT2D eigenvalue weighted by Gasteiger charge is -2.27. The molecule has 0 bridgehead atoms. The van der Waals surface area contributed by atoms with E-state index in [0.717, 1.165) is 35.5 Å². The Kier molecular flexibility index (Phi) is 7.05. The molecule has 0 aromatic heterocycles. The maximum absolute atomic E-state index is 2.60. The standard InChI is InChI=1S/C24H40/c1-19-3-7-21(8-4-19)11-13-23-15-17-24(18-16-23)14-12-22-9-5-20(2)6-10-22/h11-14,19-24H,3-10,15-18H2,1-2H3. The van der Waals surface area contributed by atoms with Crippen molar-refractivity contribution in [1.29, 1.82) is 0 Å². The fourth-order valence-electron chi connectivity index (χ4n) is 5.12. The van der Waals surface area contributed by atoms with Gasteiger partial charge < -0.3 is 0 Å². The Bertz CT molecular complexity index is 354. The molecule has 3 saturated carbocycles. The van der Waals surface area contributed by atoms with Crippen molar-refractivity contribution in [3.63, 3.8) is 0 Å². The largest absolute Gasteiger partial charge is 0.0851 e. The highest BCUT2D eigenvalue weighted by atomic mass is 14.3. The van der Waals surface area contributed by atoms with Gasteiger partial charge >= 0.3 is 0 Å². The average Bonchev–Trinajstić information content (AvgIpc) is 2.62. The Labute approximate surface area is 151 Å². The minimum absolute atomic E-state index is 0.879. The molecule has 0 heterocycles. The van der Waals surface area contributed by atoms with Crippen LogP contribution in [0, 0.1) is 35.5 Å². The van der Waals surface area contributed by atoms with Crippen LogP contribution in [0.2, 0.25) is 0 Å². The summed E-state index contributed by atoms with van der Waals surface area (Å²) in [5, 5.41) is 0. The van der Waals surface area contributed by atoms with Crippen molar-refractivity contribution < 1.29 is 0 Å². The van der Waals surface area contributed by atoms with Gasteiger partial charge in [-0.25, -0.2) is 0 Å². The minimum atomic E-state index is 0.879. The van der Waals surface area contributed by atoms with Crippen LogP contribution in [-0.4, -0.2) is 0 Å². The van der Waals surface area contributed by atoms with Gasteiger partial charge in [0, 0.05) is 0 Å². The number of hydrogen-bond acceptors (Lipinski definition) is 0. The predicted molar refractivity (Wildman–Crippen MR) is 106 cm³/mol. The molecule has 3 aliphatic carbocycles. The molecule has 0 saturated heterocycles. The van der Waals surface area contributed by atoms with Gasteiger partial charge in [0.05, 0.1) is 0 Å². The van der Waals surface area contributed by atoms with Gasteiger partial charge in [0.2, 0.25) is 0 Å². The molecule has 0 aromatic rings. The molecule has 3 rings (SSSR count). The second-order valence-corrected chi connectivity index (χ2v) is 9.48. The molecule has 0 amide bonds. The van der Waals surface area contributed by atoms with Crippen molar-refractivity contribution in [3.05, 3.63) is 24.3 Å². The first-order valence-electron chi connectivity index (χ1n) is 11.1. The zero-order chi connectivity index (χ0) is 16.8. The van der Waals surface area contributed by atoms with Crippen LogP contribution < -0.4 is 0 Å². The van der Waals surface area contributed by atoms with Crippen molar-refractivity contribution >= 4 is 0 Å². The molecule has 0 aromatic carbocycles. The van der Waals surface area contributed by atoms with Gasteiger partial charge in [0.15, 0.2) is 0 Å². The van der Waals surface area contributed by atoms with Crippen molar-refractivity contribution in [2.75, 3.05) is 0 Å². The van der Waals surface area contributed by atoms with Gasteiger partial charge in [-0.3, -0.25) is 0 Å². The monoisotopic (exact) mass is 328 g/mol. The maximum Gasteiger partial charge on any atom is -0.0233 e. The summed E-state index contributed by atoms with van der Waals surface area (Å²) in [5.41, 5.74) is 0. The molecule has 0 nitrogen and oxygen atoms in total. The number of hydrogen-bond donors (Lipinski definition) is 0. The van der Waals surface area contributed by atoms with E-state index in [4.69, 9.17) is 0 Å². The summed E-state index contributed by atoms with van der Waals surface area (Å²) >= 11 is 0. The van der Waals surface area contributed by atoms with Crippen LogP contribution in [0.5, 0.6) is 0 Å². The van der Waals surface area contributed by atoms with Crippen molar-refractivity contribution in [1.82, 2.24) is 0 Å². The molecular formula is C24H40. The second kappa shape index (κ2) is 9.25. The van der Waals surface area contributed by atoms with E-state index in [1.165, 1.54) is 77.0 Å². The van der Waals surface area contributed by atoms with Gasteiger partial charge in [0.1, 0.15) is 0 Å².